The second-order valence-corrected chi connectivity index (χ2v) is 17.1. The summed E-state index contributed by atoms with van der Waals surface area (Å²) in [6, 6.07) is 81.0. The van der Waals surface area contributed by atoms with Crippen LogP contribution in [0.25, 0.3) is 59.4 Å². The minimum absolute atomic E-state index is 0.295. The first-order valence-corrected chi connectivity index (χ1v) is 22.6. The summed E-state index contributed by atoms with van der Waals surface area (Å²) in [5, 5.41) is 6.95. The number of amidine groups is 2. The van der Waals surface area contributed by atoms with Crippen LogP contribution in [-0.4, -0.2) is 21.2 Å². The molecule has 1 unspecified atom stereocenters. The average molecular weight is 853 g/mol. The van der Waals surface area contributed by atoms with Crippen LogP contribution in [0.1, 0.15) is 22.9 Å². The van der Waals surface area contributed by atoms with Gasteiger partial charge in [0.15, 0.2) is 5.84 Å². The molecule has 0 bridgehead atoms. The molecule has 0 spiro atoms. The Morgan fingerprint density at radius 3 is 1.77 bits per heavy atom. The van der Waals surface area contributed by atoms with Gasteiger partial charge in [-0.2, -0.15) is 0 Å². The molecule has 1 atom stereocenters. The van der Waals surface area contributed by atoms with E-state index in [2.05, 4.69) is 221 Å². The molecule has 7 heteroatoms. The number of para-hydroxylation sites is 2. The van der Waals surface area contributed by atoms with Crippen LogP contribution in [0.2, 0.25) is 0 Å². The number of hydrogen-bond donors (Lipinski definition) is 1. The van der Waals surface area contributed by atoms with E-state index >= 15 is 0 Å². The van der Waals surface area contributed by atoms with Crippen LogP contribution in [0, 0.1) is 0 Å². The van der Waals surface area contributed by atoms with Crippen LogP contribution in [0.5, 0.6) is 0 Å². The Bertz CT molecular complexity index is 3510. The maximum Gasteiger partial charge on any atom is 0.159 e. The highest BCUT2D eigenvalue weighted by Gasteiger charge is 2.23. The van der Waals surface area contributed by atoms with Crippen molar-refractivity contribution in [3.05, 3.63) is 247 Å². The van der Waals surface area contributed by atoms with Crippen molar-refractivity contribution in [1.29, 1.82) is 0 Å². The summed E-state index contributed by atoms with van der Waals surface area (Å²) < 4.78 is 3.55. The number of nitrogens with one attached hydrogen (secondary N) is 1. The second-order valence-electron chi connectivity index (χ2n) is 16.1. The highest BCUT2D eigenvalue weighted by atomic mass is 32.1. The molecule has 2 aromatic heterocycles. The fourth-order valence-corrected chi connectivity index (χ4v) is 10.1. The van der Waals surface area contributed by atoms with Crippen LogP contribution >= 0.6 is 11.3 Å². The minimum Gasteiger partial charge on any atom is -0.344 e. The number of aromatic nitrogens is 2. The average Bonchev–Trinajstić information content (AvgIpc) is 3.98. The Balaban J connectivity index is 1.01. The molecule has 1 aliphatic rings. The summed E-state index contributed by atoms with van der Waals surface area (Å²) in [6.45, 7) is 0. The van der Waals surface area contributed by atoms with Crippen LogP contribution in [0.3, 0.4) is 0 Å². The molecule has 0 amide bonds. The van der Waals surface area contributed by atoms with Gasteiger partial charge < -0.3 is 14.8 Å². The van der Waals surface area contributed by atoms with E-state index in [9.17, 15) is 0 Å². The van der Waals surface area contributed by atoms with E-state index < -0.39 is 0 Å². The van der Waals surface area contributed by atoms with Gasteiger partial charge in [-0.15, -0.1) is 11.3 Å². The van der Waals surface area contributed by atoms with Gasteiger partial charge in [0, 0.05) is 50.2 Å². The van der Waals surface area contributed by atoms with Crippen molar-refractivity contribution in [3.8, 4) is 27.4 Å². The quantitative estimate of drug-likeness (QED) is 0.157. The molecule has 0 radical (unpaired) electrons. The van der Waals surface area contributed by atoms with Gasteiger partial charge in [0.2, 0.25) is 0 Å². The van der Waals surface area contributed by atoms with Crippen molar-refractivity contribution in [2.24, 2.45) is 9.98 Å². The summed E-state index contributed by atoms with van der Waals surface area (Å²) >= 11 is 1.74. The fraction of sp³-hybridized carbons (Fsp3) is 0.0172. The lowest BCUT2D eigenvalue weighted by molar-refractivity contribution is 0.674. The van der Waals surface area contributed by atoms with Gasteiger partial charge in [-0.25, -0.2) is 15.0 Å². The molecular formula is C58H40N6S. The van der Waals surface area contributed by atoms with Crippen molar-refractivity contribution in [2.45, 2.75) is 6.17 Å². The lowest BCUT2D eigenvalue weighted by atomic mass is 10.0. The van der Waals surface area contributed by atoms with Crippen LogP contribution in [0.4, 0.5) is 17.1 Å². The molecule has 0 saturated carbocycles. The summed E-state index contributed by atoms with van der Waals surface area (Å²) in [5.41, 5.74) is 14.0. The summed E-state index contributed by atoms with van der Waals surface area (Å²) in [4.78, 5) is 17.9. The fourth-order valence-electron chi connectivity index (χ4n) is 8.95. The Hall–Kier alpha value is -8.39. The standard InChI is InChI=1S/C58H40N6S/c1-6-17-40(18-7-1)55-60-56(41-19-8-2-9-20-41)62-57(61-55)44-23-16-28-48(37-44)64-52-36-31-43(38-50(52)49-34-35-51-54(53(49)64)65-58(59-51)42-21-10-3-11-22-42)39-29-32-47(33-30-39)63(45-24-12-4-13-25-45)46-26-14-5-15-27-46/h1-38,55H,(H,60,61,62). The third-order valence-corrected chi connectivity index (χ3v) is 13.2. The number of hydrogen-bond acceptors (Lipinski definition) is 6. The molecule has 0 fully saturated rings. The number of benzene rings is 9. The summed E-state index contributed by atoms with van der Waals surface area (Å²) in [7, 11) is 0. The van der Waals surface area contributed by atoms with Gasteiger partial charge in [0.1, 0.15) is 17.0 Å². The van der Waals surface area contributed by atoms with Crippen LogP contribution in [0.15, 0.2) is 241 Å². The predicted molar refractivity (Wildman–Crippen MR) is 271 cm³/mol. The predicted octanol–water partition coefficient (Wildman–Crippen LogP) is 14.7. The van der Waals surface area contributed by atoms with Crippen molar-refractivity contribution >= 4 is 72.1 Å². The largest absolute Gasteiger partial charge is 0.344 e. The Labute approximate surface area is 380 Å². The van der Waals surface area contributed by atoms with Gasteiger partial charge in [-0.1, -0.05) is 158 Å². The van der Waals surface area contributed by atoms with Crippen LogP contribution in [-0.2, 0) is 0 Å². The van der Waals surface area contributed by atoms with Crippen LogP contribution < -0.4 is 10.2 Å². The van der Waals surface area contributed by atoms with Crippen molar-refractivity contribution in [2.75, 3.05) is 4.90 Å². The number of thiazole rings is 1. The van der Waals surface area contributed by atoms with Crippen molar-refractivity contribution in [1.82, 2.24) is 14.9 Å². The first-order valence-electron chi connectivity index (χ1n) is 21.8. The molecule has 308 valence electrons. The SMILES string of the molecule is c1ccc(C2=NC(c3cccc(-n4c5ccc(-c6ccc(N(c7ccccc7)c7ccccc7)cc6)cc5c5ccc6nc(-c7ccccc7)sc6c54)c3)=NC(c3ccccc3)N2)cc1. The van der Waals surface area contributed by atoms with Gasteiger partial charge in [-0.3, -0.25) is 0 Å². The number of fused-ring (bicyclic) bond motifs is 5. The maximum absolute atomic E-state index is 5.23. The molecule has 12 rings (SSSR count). The Morgan fingerprint density at radius 2 is 1.08 bits per heavy atom. The van der Waals surface area contributed by atoms with Gasteiger partial charge in [0.05, 0.1) is 21.3 Å². The normalized spacial score (nSPS) is 13.7. The minimum atomic E-state index is -0.295. The third kappa shape index (κ3) is 7.14. The number of aliphatic imine (C=N–C) groups is 2. The van der Waals surface area contributed by atoms with Gasteiger partial charge in [-0.05, 0) is 89.5 Å². The highest BCUT2D eigenvalue weighted by molar-refractivity contribution is 7.22. The lowest BCUT2D eigenvalue weighted by Gasteiger charge is -2.25. The van der Waals surface area contributed by atoms with E-state index in [1.165, 1.54) is 10.8 Å². The smallest absolute Gasteiger partial charge is 0.159 e. The van der Waals surface area contributed by atoms with E-state index in [-0.39, 0.29) is 6.17 Å². The molecule has 0 aliphatic carbocycles. The van der Waals surface area contributed by atoms with E-state index in [0.717, 1.165) is 88.2 Å². The first-order chi connectivity index (χ1) is 32.2. The Kier molecular flexibility index (Phi) is 9.65. The molecule has 11 aromatic rings. The molecule has 1 N–H and O–H groups in total. The third-order valence-electron chi connectivity index (χ3n) is 12.1. The second kappa shape index (κ2) is 16.4. The maximum atomic E-state index is 5.23. The van der Waals surface area contributed by atoms with E-state index in [1.807, 2.05) is 24.3 Å². The zero-order chi connectivity index (χ0) is 43.1. The zero-order valence-corrected chi connectivity index (χ0v) is 36.0. The topological polar surface area (TPSA) is 57.8 Å². The number of rotatable bonds is 9. The van der Waals surface area contributed by atoms with Crippen molar-refractivity contribution in [3.63, 3.8) is 0 Å². The summed E-state index contributed by atoms with van der Waals surface area (Å²) in [6.07, 6.45) is -0.295. The molecule has 9 aromatic carbocycles. The zero-order valence-electron chi connectivity index (χ0n) is 35.2. The molecule has 1 aliphatic heterocycles. The van der Waals surface area contributed by atoms with E-state index in [0.29, 0.717) is 5.84 Å². The first kappa shape index (κ1) is 38.3. The van der Waals surface area contributed by atoms with Gasteiger partial charge >= 0.3 is 0 Å². The monoisotopic (exact) mass is 852 g/mol. The highest BCUT2D eigenvalue weighted by Crippen LogP contribution is 2.43. The molecule has 65 heavy (non-hydrogen) atoms. The van der Waals surface area contributed by atoms with E-state index in [4.69, 9.17) is 15.0 Å². The van der Waals surface area contributed by atoms with Crippen molar-refractivity contribution < 1.29 is 0 Å². The lowest BCUT2D eigenvalue weighted by Crippen LogP contribution is -2.33. The van der Waals surface area contributed by atoms with Gasteiger partial charge in [0.25, 0.3) is 0 Å². The molecule has 0 saturated heterocycles. The number of anilines is 3. The molecule has 6 nitrogen and oxygen atoms in total. The Morgan fingerprint density at radius 1 is 0.477 bits per heavy atom. The molecular weight excluding hydrogens is 813 g/mol. The molecule has 3 heterocycles. The summed E-state index contributed by atoms with van der Waals surface area (Å²) in [5.74, 6) is 1.47. The van der Waals surface area contributed by atoms with E-state index in [1.54, 1.807) is 11.3 Å². The number of nitrogens with zero attached hydrogens (tertiary/aromatic N) is 5.